The summed E-state index contributed by atoms with van der Waals surface area (Å²) in [6.45, 7) is 3.84. The van der Waals surface area contributed by atoms with Crippen molar-refractivity contribution < 1.29 is 26.7 Å². The third kappa shape index (κ3) is 6.92. The predicted octanol–water partition coefficient (Wildman–Crippen LogP) is 5.17. The molecule has 0 unspecified atom stereocenters. The van der Waals surface area contributed by atoms with Crippen LogP contribution in [-0.4, -0.2) is 36.0 Å². The molecule has 0 saturated heterocycles. The van der Waals surface area contributed by atoms with E-state index in [1.54, 1.807) is 0 Å². The van der Waals surface area contributed by atoms with Gasteiger partial charge in [0.15, 0.2) is 0 Å². The molecule has 132 valence electrons. The van der Waals surface area contributed by atoms with Crippen LogP contribution in [0.4, 0.5) is 22.0 Å². The largest absolute Gasteiger partial charge is 0.463 e. The summed E-state index contributed by atoms with van der Waals surface area (Å²) in [6, 6.07) is 0. The van der Waals surface area contributed by atoms with Gasteiger partial charge in [-0.3, -0.25) is 4.79 Å². The fraction of sp³-hybridized carbons (Fsp3) is 0.933. The Labute approximate surface area is 129 Å². The summed E-state index contributed by atoms with van der Waals surface area (Å²) < 4.78 is 63.4. The molecule has 0 fully saturated rings. The van der Waals surface area contributed by atoms with E-state index in [-0.39, 0.29) is 13.1 Å². The fourth-order valence-electron chi connectivity index (χ4n) is 2.09. The van der Waals surface area contributed by atoms with Crippen molar-refractivity contribution in [1.82, 2.24) is 4.90 Å². The van der Waals surface area contributed by atoms with Crippen LogP contribution in [0, 0.1) is 0 Å². The van der Waals surface area contributed by atoms with Crippen molar-refractivity contribution in [3.63, 3.8) is 0 Å². The summed E-state index contributed by atoms with van der Waals surface area (Å²) in [5, 5.41) is 0. The molecule has 0 radical (unpaired) electrons. The molecule has 0 atom stereocenters. The topological polar surface area (TPSA) is 20.3 Å². The maximum absolute atomic E-state index is 13.2. The summed E-state index contributed by atoms with van der Waals surface area (Å²) in [4.78, 5) is 12.3. The van der Waals surface area contributed by atoms with Crippen LogP contribution in [0.5, 0.6) is 0 Å². The Balaban J connectivity index is 4.70. The van der Waals surface area contributed by atoms with Crippen LogP contribution in [-0.2, 0) is 4.79 Å². The van der Waals surface area contributed by atoms with Crippen molar-refractivity contribution in [3.05, 3.63) is 0 Å². The second-order valence-electron chi connectivity index (χ2n) is 5.49. The van der Waals surface area contributed by atoms with E-state index in [1.807, 2.05) is 13.8 Å². The van der Waals surface area contributed by atoms with Crippen LogP contribution >= 0.6 is 0 Å². The smallest absolute Gasteiger partial charge is 0.337 e. The highest BCUT2D eigenvalue weighted by molar-refractivity contribution is 5.84. The van der Waals surface area contributed by atoms with Crippen LogP contribution in [0.25, 0.3) is 0 Å². The van der Waals surface area contributed by atoms with Crippen molar-refractivity contribution >= 4 is 5.91 Å². The molecule has 0 aliphatic heterocycles. The first-order valence-corrected chi connectivity index (χ1v) is 7.92. The van der Waals surface area contributed by atoms with Crippen molar-refractivity contribution in [2.45, 2.75) is 77.3 Å². The van der Waals surface area contributed by atoms with E-state index in [2.05, 4.69) is 0 Å². The molecule has 0 aliphatic carbocycles. The van der Waals surface area contributed by atoms with Gasteiger partial charge in [-0.1, -0.05) is 52.4 Å². The molecule has 22 heavy (non-hydrogen) atoms. The Hall–Kier alpha value is -0.880. The third-order valence-corrected chi connectivity index (χ3v) is 3.48. The monoisotopic (exact) mass is 331 g/mol. The highest BCUT2D eigenvalue weighted by atomic mass is 19.4. The van der Waals surface area contributed by atoms with Gasteiger partial charge in [-0.15, -0.1) is 0 Å². The number of rotatable bonds is 11. The Morgan fingerprint density at radius 1 is 0.773 bits per heavy atom. The Morgan fingerprint density at radius 2 is 1.18 bits per heavy atom. The quantitative estimate of drug-likeness (QED) is 0.378. The van der Waals surface area contributed by atoms with Crippen molar-refractivity contribution in [1.29, 1.82) is 0 Å². The van der Waals surface area contributed by atoms with Gasteiger partial charge in [-0.2, -0.15) is 22.0 Å². The van der Waals surface area contributed by atoms with Gasteiger partial charge in [0.05, 0.1) is 0 Å². The van der Waals surface area contributed by atoms with E-state index >= 15 is 0 Å². The molecule has 7 heteroatoms. The van der Waals surface area contributed by atoms with E-state index in [9.17, 15) is 26.7 Å². The molecule has 0 bridgehead atoms. The molecule has 0 spiro atoms. The number of amides is 1. The molecule has 2 nitrogen and oxygen atoms in total. The normalized spacial score (nSPS) is 12.5. The summed E-state index contributed by atoms with van der Waals surface area (Å²) in [7, 11) is 0. The van der Waals surface area contributed by atoms with Crippen LogP contribution < -0.4 is 0 Å². The van der Waals surface area contributed by atoms with E-state index in [1.165, 1.54) is 0 Å². The minimum Gasteiger partial charge on any atom is -0.337 e. The van der Waals surface area contributed by atoms with Crippen LogP contribution in [0.3, 0.4) is 0 Å². The molecular formula is C15H26F5NO. The zero-order valence-corrected chi connectivity index (χ0v) is 13.3. The summed E-state index contributed by atoms with van der Waals surface area (Å²) in [6.07, 6.45) is 0.0603. The minimum absolute atomic E-state index is 0.0450. The highest BCUT2D eigenvalue weighted by Gasteiger charge is 2.64. The van der Waals surface area contributed by atoms with Crippen LogP contribution in [0.15, 0.2) is 0 Å². The lowest BCUT2D eigenvalue weighted by atomic mass is 10.1. The second kappa shape index (κ2) is 10.0. The van der Waals surface area contributed by atoms with Gasteiger partial charge in [-0.25, -0.2) is 0 Å². The highest BCUT2D eigenvalue weighted by Crippen LogP contribution is 2.37. The summed E-state index contributed by atoms with van der Waals surface area (Å²) in [5.74, 6) is -7.42. The number of unbranched alkanes of at least 4 members (excludes halogenated alkanes) is 6. The zero-order chi connectivity index (χ0) is 17.2. The van der Waals surface area contributed by atoms with Gasteiger partial charge in [-0.05, 0) is 12.8 Å². The standard InChI is InChI=1S/C15H26F5NO/c1-3-5-7-9-11-21(12-10-8-6-4-2)13(22)14(16,17)15(18,19)20/h3-12H2,1-2H3. The van der Waals surface area contributed by atoms with Gasteiger partial charge in [0.1, 0.15) is 0 Å². The molecule has 0 saturated carbocycles. The molecule has 0 N–H and O–H groups in total. The van der Waals surface area contributed by atoms with Gasteiger partial charge in [0.25, 0.3) is 0 Å². The van der Waals surface area contributed by atoms with E-state index in [0.717, 1.165) is 25.7 Å². The number of nitrogens with zero attached hydrogens (tertiary/aromatic N) is 1. The second-order valence-corrected chi connectivity index (χ2v) is 5.49. The van der Waals surface area contributed by atoms with Gasteiger partial charge in [0.2, 0.25) is 0 Å². The molecule has 0 aromatic carbocycles. The van der Waals surface area contributed by atoms with Crippen molar-refractivity contribution in [2.75, 3.05) is 13.1 Å². The molecule has 0 aliphatic rings. The first-order chi connectivity index (χ1) is 10.2. The number of carbonyl (C=O) groups excluding carboxylic acids is 1. The number of hydrogen-bond donors (Lipinski definition) is 0. The summed E-state index contributed by atoms with van der Waals surface area (Å²) in [5.41, 5.74) is 0. The molecule has 0 heterocycles. The SMILES string of the molecule is CCCCCCN(CCCCCC)C(=O)C(F)(F)C(F)(F)F. The lowest BCUT2D eigenvalue weighted by molar-refractivity contribution is -0.274. The Morgan fingerprint density at radius 3 is 1.50 bits per heavy atom. The maximum atomic E-state index is 13.2. The lowest BCUT2D eigenvalue weighted by Crippen LogP contribution is -2.52. The van der Waals surface area contributed by atoms with E-state index in [4.69, 9.17) is 0 Å². The van der Waals surface area contributed by atoms with Crippen LogP contribution in [0.1, 0.15) is 65.2 Å². The van der Waals surface area contributed by atoms with E-state index in [0.29, 0.717) is 30.6 Å². The first kappa shape index (κ1) is 21.1. The number of halogens is 5. The predicted molar refractivity (Wildman–Crippen MR) is 75.9 cm³/mol. The number of carbonyl (C=O) groups is 1. The van der Waals surface area contributed by atoms with Crippen LogP contribution in [0.2, 0.25) is 0 Å². The van der Waals surface area contributed by atoms with Crippen molar-refractivity contribution in [3.8, 4) is 0 Å². The zero-order valence-electron chi connectivity index (χ0n) is 13.3. The average Bonchev–Trinajstić information content (AvgIpc) is 2.43. The molecule has 0 rings (SSSR count). The van der Waals surface area contributed by atoms with Gasteiger partial charge in [0, 0.05) is 13.1 Å². The molecule has 1 amide bonds. The van der Waals surface area contributed by atoms with Gasteiger partial charge < -0.3 is 4.90 Å². The summed E-state index contributed by atoms with van der Waals surface area (Å²) >= 11 is 0. The minimum atomic E-state index is -5.84. The molecule has 0 aromatic heterocycles. The van der Waals surface area contributed by atoms with E-state index < -0.39 is 18.0 Å². The Bertz CT molecular complexity index is 306. The first-order valence-electron chi connectivity index (χ1n) is 7.92. The van der Waals surface area contributed by atoms with Crippen molar-refractivity contribution in [2.24, 2.45) is 0 Å². The number of alkyl halides is 5. The number of hydrogen-bond acceptors (Lipinski definition) is 1. The van der Waals surface area contributed by atoms with Gasteiger partial charge >= 0.3 is 18.0 Å². The maximum Gasteiger partial charge on any atom is 0.463 e. The molecule has 0 aromatic rings. The third-order valence-electron chi connectivity index (χ3n) is 3.48. The Kier molecular flexibility index (Phi) is 9.60. The fourth-order valence-corrected chi connectivity index (χ4v) is 2.09. The molecular weight excluding hydrogens is 305 g/mol. The lowest BCUT2D eigenvalue weighted by Gasteiger charge is -2.28. The average molecular weight is 331 g/mol.